The third-order valence-electron chi connectivity index (χ3n) is 5.93. The van der Waals surface area contributed by atoms with Crippen LogP contribution in [-0.2, 0) is 12.8 Å². The van der Waals surface area contributed by atoms with Crippen molar-refractivity contribution in [1.29, 1.82) is 0 Å². The van der Waals surface area contributed by atoms with Crippen molar-refractivity contribution in [2.75, 3.05) is 13.2 Å². The van der Waals surface area contributed by atoms with Gasteiger partial charge in [-0.15, -0.1) is 0 Å². The van der Waals surface area contributed by atoms with Crippen LogP contribution < -0.4 is 4.74 Å². The van der Waals surface area contributed by atoms with Crippen molar-refractivity contribution in [3.63, 3.8) is 0 Å². The average molecular weight is 439 g/mol. The van der Waals surface area contributed by atoms with Gasteiger partial charge in [0.05, 0.1) is 23.8 Å². The van der Waals surface area contributed by atoms with Crippen LogP contribution in [0.25, 0.3) is 0 Å². The Bertz CT molecular complexity index is 938. The number of hydrogen-bond donors (Lipinski definition) is 3. The van der Waals surface area contributed by atoms with Gasteiger partial charge in [-0.25, -0.2) is 4.79 Å². The second-order valence-electron chi connectivity index (χ2n) is 8.22. The first-order chi connectivity index (χ1) is 15.3. The molecule has 0 aliphatic heterocycles. The Kier molecular flexibility index (Phi) is 8.07. The molecule has 0 radical (unpaired) electrons. The van der Waals surface area contributed by atoms with E-state index in [1.54, 1.807) is 13.7 Å². The molecule has 0 fully saturated rings. The van der Waals surface area contributed by atoms with Crippen LogP contribution in [0.2, 0.25) is 6.82 Å². The standard InChI is InChI=1S/C24H30BNO6/c1-3-32-23-14-18(24(29)30)8-10-21(23)22(28)11-9-20(27)15-26(25(2)31)19-12-16-6-4-5-7-17(16)13-19/h4-8,10,14,19-20,27,31H,3,9,11-13,15H2,1-2H3,(H,29,30)/t20-/m1/s1. The molecule has 3 rings (SSSR count). The van der Waals surface area contributed by atoms with Gasteiger partial charge in [0, 0.05) is 19.0 Å². The number of nitrogens with zero attached hydrogens (tertiary/aromatic N) is 1. The lowest BCUT2D eigenvalue weighted by Crippen LogP contribution is -2.49. The number of aliphatic hydroxyl groups is 1. The molecule has 170 valence electrons. The highest BCUT2D eigenvalue weighted by atomic mass is 16.5. The Labute approximate surface area is 188 Å². The molecule has 0 aromatic heterocycles. The molecule has 32 heavy (non-hydrogen) atoms. The molecule has 2 aromatic rings. The van der Waals surface area contributed by atoms with Crippen LogP contribution in [0.15, 0.2) is 42.5 Å². The van der Waals surface area contributed by atoms with E-state index in [4.69, 9.17) is 9.84 Å². The van der Waals surface area contributed by atoms with Gasteiger partial charge >= 0.3 is 13.0 Å². The molecule has 3 N–H and O–H groups in total. The minimum absolute atomic E-state index is 0.0511. The molecule has 0 bridgehead atoms. The van der Waals surface area contributed by atoms with Gasteiger partial charge in [-0.2, -0.15) is 0 Å². The molecule has 0 unspecified atom stereocenters. The fourth-order valence-corrected chi connectivity index (χ4v) is 4.30. The Morgan fingerprint density at radius 2 is 1.84 bits per heavy atom. The summed E-state index contributed by atoms with van der Waals surface area (Å²) in [5, 5.41) is 30.1. The summed E-state index contributed by atoms with van der Waals surface area (Å²) >= 11 is 0. The van der Waals surface area contributed by atoms with Crippen molar-refractivity contribution in [2.45, 2.75) is 51.6 Å². The van der Waals surface area contributed by atoms with Gasteiger partial charge in [0.25, 0.3) is 0 Å². The number of carbonyl (C=O) groups is 2. The maximum atomic E-state index is 12.7. The highest BCUT2D eigenvalue weighted by molar-refractivity contribution is 6.45. The van der Waals surface area contributed by atoms with Crippen molar-refractivity contribution in [3.05, 3.63) is 64.7 Å². The Morgan fingerprint density at radius 3 is 2.41 bits per heavy atom. The first kappa shape index (κ1) is 24.0. The van der Waals surface area contributed by atoms with E-state index >= 15 is 0 Å². The summed E-state index contributed by atoms with van der Waals surface area (Å²) in [4.78, 5) is 25.8. The third-order valence-corrected chi connectivity index (χ3v) is 5.93. The van der Waals surface area contributed by atoms with Crippen LogP contribution in [0.4, 0.5) is 0 Å². The van der Waals surface area contributed by atoms with Gasteiger partial charge in [0.15, 0.2) is 5.78 Å². The molecule has 2 aromatic carbocycles. The van der Waals surface area contributed by atoms with Crippen LogP contribution in [0.5, 0.6) is 5.75 Å². The van der Waals surface area contributed by atoms with E-state index in [0.717, 1.165) is 12.8 Å². The van der Waals surface area contributed by atoms with Gasteiger partial charge in [0.1, 0.15) is 5.75 Å². The van der Waals surface area contributed by atoms with Crippen LogP contribution in [0, 0.1) is 0 Å². The molecule has 0 amide bonds. The van der Waals surface area contributed by atoms with E-state index in [9.17, 15) is 19.7 Å². The first-order valence-corrected chi connectivity index (χ1v) is 11.0. The average Bonchev–Trinajstić information content (AvgIpc) is 3.19. The molecular formula is C24H30BNO6. The lowest BCUT2D eigenvalue weighted by Gasteiger charge is -2.31. The Balaban J connectivity index is 1.60. The lowest BCUT2D eigenvalue weighted by molar-refractivity contribution is 0.0695. The number of hydrogen-bond acceptors (Lipinski definition) is 6. The number of carboxylic acids is 1. The summed E-state index contributed by atoms with van der Waals surface area (Å²) in [5.74, 6) is -1.07. The molecule has 0 saturated carbocycles. The quantitative estimate of drug-likeness (QED) is 0.365. The minimum atomic E-state index is -1.09. The smallest absolute Gasteiger partial charge is 0.376 e. The molecule has 0 spiro atoms. The van der Waals surface area contributed by atoms with E-state index in [1.807, 2.05) is 16.9 Å². The van der Waals surface area contributed by atoms with Crippen molar-refractivity contribution in [2.24, 2.45) is 0 Å². The Morgan fingerprint density at radius 1 is 1.19 bits per heavy atom. The largest absolute Gasteiger partial charge is 0.493 e. The van der Waals surface area contributed by atoms with E-state index < -0.39 is 19.1 Å². The predicted octanol–water partition coefficient (Wildman–Crippen LogP) is 2.69. The van der Waals surface area contributed by atoms with Crippen LogP contribution >= 0.6 is 0 Å². The summed E-state index contributed by atoms with van der Waals surface area (Å²) in [6, 6.07) is 12.5. The molecule has 0 heterocycles. The zero-order chi connectivity index (χ0) is 23.3. The number of rotatable bonds is 11. The SMILES string of the molecule is CCOc1cc(C(=O)O)ccc1C(=O)CC[C@@H](O)CN(B(C)O)C1Cc2ccccc2C1. The summed E-state index contributed by atoms with van der Waals surface area (Å²) in [5.41, 5.74) is 2.89. The second kappa shape index (κ2) is 10.8. The number of aromatic carboxylic acids is 1. The van der Waals surface area contributed by atoms with Crippen molar-refractivity contribution < 1.29 is 29.6 Å². The normalized spacial score (nSPS) is 14.3. The van der Waals surface area contributed by atoms with E-state index in [1.165, 1.54) is 29.3 Å². The molecule has 1 aliphatic carbocycles. The van der Waals surface area contributed by atoms with Crippen molar-refractivity contribution in [1.82, 2.24) is 4.81 Å². The zero-order valence-corrected chi connectivity index (χ0v) is 18.5. The van der Waals surface area contributed by atoms with E-state index in [-0.39, 0.29) is 42.5 Å². The first-order valence-electron chi connectivity index (χ1n) is 11.0. The molecule has 1 atom stereocenters. The summed E-state index contributed by atoms with van der Waals surface area (Å²) < 4.78 is 5.46. The van der Waals surface area contributed by atoms with E-state index in [2.05, 4.69) is 12.1 Å². The number of ketones is 1. The van der Waals surface area contributed by atoms with Crippen molar-refractivity contribution in [3.8, 4) is 5.75 Å². The fraction of sp³-hybridized carbons (Fsp3) is 0.417. The maximum absolute atomic E-state index is 12.7. The summed E-state index contributed by atoms with van der Waals surface area (Å²) in [6.07, 6.45) is 1.17. The molecule has 1 aliphatic rings. The maximum Gasteiger partial charge on any atom is 0.376 e. The number of carbonyl (C=O) groups excluding carboxylic acids is 1. The van der Waals surface area contributed by atoms with Gasteiger partial charge < -0.3 is 24.8 Å². The van der Waals surface area contributed by atoms with Crippen LogP contribution in [-0.4, -0.2) is 64.1 Å². The molecule has 8 heteroatoms. The molecular weight excluding hydrogens is 409 g/mol. The van der Waals surface area contributed by atoms with E-state index in [0.29, 0.717) is 12.2 Å². The number of Topliss-reactive ketones (excluding diaryl/α,β-unsaturated/α-hetero) is 1. The van der Waals surface area contributed by atoms with Gasteiger partial charge in [-0.1, -0.05) is 24.3 Å². The number of aliphatic hydroxyl groups excluding tert-OH is 1. The highest BCUT2D eigenvalue weighted by Gasteiger charge is 2.32. The number of benzene rings is 2. The predicted molar refractivity (Wildman–Crippen MR) is 122 cm³/mol. The topological polar surface area (TPSA) is 107 Å². The number of fused-ring (bicyclic) bond motifs is 1. The minimum Gasteiger partial charge on any atom is -0.493 e. The van der Waals surface area contributed by atoms with Gasteiger partial charge in [-0.05, 0) is 62.3 Å². The monoisotopic (exact) mass is 439 g/mol. The highest BCUT2D eigenvalue weighted by Crippen LogP contribution is 2.27. The number of ether oxygens (including phenoxy) is 1. The second-order valence-corrected chi connectivity index (χ2v) is 8.22. The van der Waals surface area contributed by atoms with Crippen LogP contribution in [0.3, 0.4) is 0 Å². The lowest BCUT2D eigenvalue weighted by atomic mass is 9.81. The fourth-order valence-electron chi connectivity index (χ4n) is 4.30. The van der Waals surface area contributed by atoms with Crippen molar-refractivity contribution >= 4 is 18.8 Å². The van der Waals surface area contributed by atoms with Gasteiger partial charge in [-0.3, -0.25) is 4.79 Å². The molecule has 0 saturated heterocycles. The summed E-state index contributed by atoms with van der Waals surface area (Å²) in [6.45, 7) is 4.02. The van der Waals surface area contributed by atoms with Gasteiger partial charge in [0.2, 0.25) is 0 Å². The Hall–Kier alpha value is -2.68. The molecule has 7 nitrogen and oxygen atoms in total. The third kappa shape index (κ3) is 5.76. The van der Waals surface area contributed by atoms with Crippen LogP contribution in [0.1, 0.15) is 51.6 Å². The summed E-state index contributed by atoms with van der Waals surface area (Å²) in [7, 11) is -0.715. The zero-order valence-electron chi connectivity index (χ0n) is 18.5. The number of carboxylic acid groups (broad SMARTS) is 1.